The zero-order valence-corrected chi connectivity index (χ0v) is 14.1. The standard InChI is InChI=1S/C17H24F3N3O2/c1-2-14(17(18,19)20)5-7-21-12-22-16(24)15-4-3-8-23(15)10-13-6-9-25-11-13/h2,5,7,13,15H,1,3-4,6,8-12H2,(H,22,24)/b14-5+,21-7-/t13?,15-/m0/s1. The summed E-state index contributed by atoms with van der Waals surface area (Å²) in [5.74, 6) is 0.341. The van der Waals surface area contributed by atoms with Gasteiger partial charge < -0.3 is 10.1 Å². The molecule has 25 heavy (non-hydrogen) atoms. The predicted octanol–water partition coefficient (Wildman–Crippen LogP) is 2.31. The quantitative estimate of drug-likeness (QED) is 0.561. The first-order valence-corrected chi connectivity index (χ1v) is 8.41. The topological polar surface area (TPSA) is 53.9 Å². The van der Waals surface area contributed by atoms with Crippen LogP contribution >= 0.6 is 0 Å². The highest BCUT2D eigenvalue weighted by Gasteiger charge is 2.33. The maximum atomic E-state index is 12.5. The molecule has 2 saturated heterocycles. The number of rotatable bonds is 7. The van der Waals surface area contributed by atoms with E-state index in [1.54, 1.807) is 0 Å². The maximum absolute atomic E-state index is 12.5. The van der Waals surface area contributed by atoms with Gasteiger partial charge in [-0.15, -0.1) is 0 Å². The van der Waals surface area contributed by atoms with Gasteiger partial charge in [0.05, 0.1) is 18.2 Å². The van der Waals surface area contributed by atoms with Crippen LogP contribution in [-0.4, -0.2) is 62.2 Å². The number of halogens is 3. The zero-order chi connectivity index (χ0) is 18.3. The third kappa shape index (κ3) is 5.97. The summed E-state index contributed by atoms with van der Waals surface area (Å²) in [5.41, 5.74) is -0.872. The van der Waals surface area contributed by atoms with Crippen molar-refractivity contribution in [2.24, 2.45) is 10.9 Å². The van der Waals surface area contributed by atoms with Gasteiger partial charge in [-0.05, 0) is 37.8 Å². The van der Waals surface area contributed by atoms with E-state index in [9.17, 15) is 18.0 Å². The average Bonchev–Trinajstić information content (AvgIpc) is 3.21. The number of carbonyl (C=O) groups excluding carboxylic acids is 1. The number of allylic oxidation sites excluding steroid dienone is 3. The van der Waals surface area contributed by atoms with Gasteiger partial charge >= 0.3 is 6.18 Å². The van der Waals surface area contributed by atoms with E-state index in [-0.39, 0.29) is 18.6 Å². The van der Waals surface area contributed by atoms with E-state index >= 15 is 0 Å². The van der Waals surface area contributed by atoms with Gasteiger partial charge in [0, 0.05) is 19.4 Å². The number of carbonyl (C=O) groups is 1. The van der Waals surface area contributed by atoms with Crippen LogP contribution in [0.25, 0.3) is 0 Å². The molecule has 0 aromatic carbocycles. The van der Waals surface area contributed by atoms with Crippen LogP contribution in [0.5, 0.6) is 0 Å². The molecule has 2 heterocycles. The molecule has 5 nitrogen and oxygen atoms in total. The first kappa shape index (κ1) is 19.7. The fourth-order valence-corrected chi connectivity index (χ4v) is 3.11. The molecule has 0 spiro atoms. The zero-order valence-electron chi connectivity index (χ0n) is 14.1. The molecule has 8 heteroatoms. The minimum absolute atomic E-state index is 0.0471. The molecule has 140 valence electrons. The number of aliphatic imine (C=N–C) groups is 1. The van der Waals surface area contributed by atoms with Crippen LogP contribution < -0.4 is 5.32 Å². The molecular formula is C17H24F3N3O2. The Morgan fingerprint density at radius 2 is 2.20 bits per heavy atom. The van der Waals surface area contributed by atoms with Crippen molar-refractivity contribution >= 4 is 12.1 Å². The number of amides is 1. The summed E-state index contributed by atoms with van der Waals surface area (Å²) < 4.78 is 42.8. The Morgan fingerprint density at radius 1 is 1.40 bits per heavy atom. The average molecular weight is 359 g/mol. The van der Waals surface area contributed by atoms with Crippen molar-refractivity contribution in [2.75, 3.05) is 33.0 Å². The smallest absolute Gasteiger partial charge is 0.381 e. The number of hydrogen-bond donors (Lipinski definition) is 1. The third-order valence-electron chi connectivity index (χ3n) is 4.43. The molecule has 2 atom stereocenters. The van der Waals surface area contributed by atoms with Crippen LogP contribution in [0.15, 0.2) is 29.3 Å². The Labute approximate surface area is 145 Å². The van der Waals surface area contributed by atoms with E-state index in [0.717, 1.165) is 63.9 Å². The van der Waals surface area contributed by atoms with Crippen LogP contribution in [0.1, 0.15) is 19.3 Å². The van der Waals surface area contributed by atoms with Crippen molar-refractivity contribution in [3.05, 3.63) is 24.3 Å². The lowest BCUT2D eigenvalue weighted by molar-refractivity contribution is -0.125. The van der Waals surface area contributed by atoms with Gasteiger partial charge in [-0.3, -0.25) is 14.7 Å². The Morgan fingerprint density at radius 3 is 2.84 bits per heavy atom. The van der Waals surface area contributed by atoms with Gasteiger partial charge in [-0.1, -0.05) is 12.7 Å². The molecular weight excluding hydrogens is 335 g/mol. The molecule has 0 aromatic rings. The summed E-state index contributed by atoms with van der Waals surface area (Å²) in [7, 11) is 0. The Balaban J connectivity index is 1.78. The molecule has 1 N–H and O–H groups in total. The van der Waals surface area contributed by atoms with Crippen molar-refractivity contribution in [1.29, 1.82) is 0 Å². The van der Waals surface area contributed by atoms with Crippen molar-refractivity contribution in [2.45, 2.75) is 31.5 Å². The van der Waals surface area contributed by atoms with Gasteiger partial charge in [0.1, 0.15) is 6.67 Å². The van der Waals surface area contributed by atoms with Crippen molar-refractivity contribution in [1.82, 2.24) is 10.2 Å². The first-order valence-electron chi connectivity index (χ1n) is 8.41. The summed E-state index contributed by atoms with van der Waals surface area (Å²) in [4.78, 5) is 18.2. The number of likely N-dealkylation sites (tertiary alicyclic amines) is 1. The van der Waals surface area contributed by atoms with Crippen LogP contribution in [-0.2, 0) is 9.53 Å². The summed E-state index contributed by atoms with van der Waals surface area (Å²) >= 11 is 0. The monoisotopic (exact) mass is 359 g/mol. The summed E-state index contributed by atoms with van der Waals surface area (Å²) in [6.07, 6.45) is 0.920. The lowest BCUT2D eigenvalue weighted by Gasteiger charge is -2.25. The molecule has 0 radical (unpaired) electrons. The van der Waals surface area contributed by atoms with Crippen LogP contribution in [0, 0.1) is 5.92 Å². The summed E-state index contributed by atoms with van der Waals surface area (Å²) in [6.45, 7) is 6.33. The molecule has 0 aromatic heterocycles. The molecule has 1 amide bonds. The van der Waals surface area contributed by atoms with Gasteiger partial charge in [-0.25, -0.2) is 0 Å². The SMILES string of the molecule is C=C/C(=C\C=N/CNC(=O)[C@@H]1CCCN1CC1CCOC1)C(F)(F)F. The number of nitrogens with zero attached hydrogens (tertiary/aromatic N) is 2. The fraction of sp³-hybridized carbons (Fsp3) is 0.647. The molecule has 2 fully saturated rings. The Hall–Kier alpha value is -1.67. The minimum Gasteiger partial charge on any atom is -0.381 e. The molecule has 0 bridgehead atoms. The van der Waals surface area contributed by atoms with E-state index in [1.165, 1.54) is 0 Å². The van der Waals surface area contributed by atoms with Gasteiger partial charge in [-0.2, -0.15) is 13.2 Å². The van der Waals surface area contributed by atoms with Crippen molar-refractivity contribution in [3.63, 3.8) is 0 Å². The Bertz CT molecular complexity index is 526. The minimum atomic E-state index is -4.45. The Kier molecular flexibility index (Phi) is 7.19. The number of nitrogens with one attached hydrogen (secondary N) is 1. The van der Waals surface area contributed by atoms with Crippen LogP contribution in [0.3, 0.4) is 0 Å². The second-order valence-corrected chi connectivity index (χ2v) is 6.24. The highest BCUT2D eigenvalue weighted by molar-refractivity contribution is 5.82. The first-order chi connectivity index (χ1) is 11.9. The van der Waals surface area contributed by atoms with Gasteiger partial charge in [0.15, 0.2) is 0 Å². The van der Waals surface area contributed by atoms with Crippen LogP contribution in [0.2, 0.25) is 0 Å². The largest absolute Gasteiger partial charge is 0.416 e. The van der Waals surface area contributed by atoms with E-state index in [1.807, 2.05) is 0 Å². The lowest BCUT2D eigenvalue weighted by Crippen LogP contribution is -2.45. The summed E-state index contributed by atoms with van der Waals surface area (Å²) in [6, 6.07) is -0.190. The van der Waals surface area contributed by atoms with Crippen molar-refractivity contribution in [3.8, 4) is 0 Å². The van der Waals surface area contributed by atoms with E-state index in [0.29, 0.717) is 5.92 Å². The van der Waals surface area contributed by atoms with Gasteiger partial charge in [0.25, 0.3) is 0 Å². The molecule has 0 aliphatic carbocycles. The lowest BCUT2D eigenvalue weighted by atomic mass is 10.1. The molecule has 0 saturated carbocycles. The van der Waals surface area contributed by atoms with E-state index < -0.39 is 11.7 Å². The number of hydrogen-bond acceptors (Lipinski definition) is 4. The number of ether oxygens (including phenoxy) is 1. The van der Waals surface area contributed by atoms with Crippen LogP contribution in [0.4, 0.5) is 13.2 Å². The molecule has 2 aliphatic heterocycles. The second-order valence-electron chi connectivity index (χ2n) is 6.24. The molecule has 1 unspecified atom stereocenters. The normalized spacial score (nSPS) is 25.6. The molecule has 2 aliphatic rings. The summed E-state index contributed by atoms with van der Waals surface area (Å²) in [5, 5.41) is 2.66. The van der Waals surface area contributed by atoms with Gasteiger partial charge in [0.2, 0.25) is 5.91 Å². The maximum Gasteiger partial charge on any atom is 0.416 e. The second kappa shape index (κ2) is 9.15. The molecule has 2 rings (SSSR count). The van der Waals surface area contributed by atoms with Crippen molar-refractivity contribution < 1.29 is 22.7 Å². The highest BCUT2D eigenvalue weighted by Crippen LogP contribution is 2.25. The predicted molar refractivity (Wildman–Crippen MR) is 89.4 cm³/mol. The third-order valence-corrected chi connectivity index (χ3v) is 4.43. The van der Waals surface area contributed by atoms with E-state index in [2.05, 4.69) is 21.8 Å². The fourth-order valence-electron chi connectivity index (χ4n) is 3.11. The van der Waals surface area contributed by atoms with E-state index in [4.69, 9.17) is 4.74 Å². The highest BCUT2D eigenvalue weighted by atomic mass is 19.4. The number of alkyl halides is 3.